The zero-order valence-electron chi connectivity index (χ0n) is 11.1. The molecule has 1 atom stereocenters. The lowest BCUT2D eigenvalue weighted by atomic mass is 9.95. The van der Waals surface area contributed by atoms with E-state index < -0.39 is 0 Å². The van der Waals surface area contributed by atoms with Gasteiger partial charge in [0.25, 0.3) is 0 Å². The summed E-state index contributed by atoms with van der Waals surface area (Å²) < 4.78 is 0. The summed E-state index contributed by atoms with van der Waals surface area (Å²) in [7, 11) is 0. The molecule has 0 bridgehead atoms. The number of benzene rings is 3. The first-order valence-corrected chi connectivity index (χ1v) is 7.09. The van der Waals surface area contributed by atoms with Crippen LogP contribution in [0.3, 0.4) is 0 Å². The van der Waals surface area contributed by atoms with E-state index in [1.54, 1.807) is 0 Å². The van der Waals surface area contributed by atoms with Gasteiger partial charge in [-0.1, -0.05) is 66.2 Å². The van der Waals surface area contributed by atoms with Crippen LogP contribution < -0.4 is 5.73 Å². The minimum absolute atomic E-state index is 0.0157. The lowest BCUT2D eigenvalue weighted by Gasteiger charge is -2.14. The summed E-state index contributed by atoms with van der Waals surface area (Å²) in [6.07, 6.45) is 0.822. The molecule has 0 aliphatic heterocycles. The molecule has 3 rings (SSSR count). The fraction of sp³-hybridized carbons (Fsp3) is 0.111. The van der Waals surface area contributed by atoms with Crippen molar-refractivity contribution in [1.82, 2.24) is 0 Å². The summed E-state index contributed by atoms with van der Waals surface area (Å²) >= 11 is 5.91. The van der Waals surface area contributed by atoms with Crippen LogP contribution in [0.1, 0.15) is 17.2 Å². The number of rotatable bonds is 3. The average molecular weight is 282 g/mol. The lowest BCUT2D eigenvalue weighted by Crippen LogP contribution is -2.13. The van der Waals surface area contributed by atoms with Crippen LogP contribution in [0.25, 0.3) is 10.8 Å². The molecule has 100 valence electrons. The highest BCUT2D eigenvalue weighted by Crippen LogP contribution is 2.24. The summed E-state index contributed by atoms with van der Waals surface area (Å²) in [5.74, 6) is 0. The molecule has 0 aliphatic carbocycles. The summed E-state index contributed by atoms with van der Waals surface area (Å²) in [5, 5.41) is 3.28. The van der Waals surface area contributed by atoms with Crippen molar-refractivity contribution in [3.63, 3.8) is 0 Å². The second kappa shape index (κ2) is 5.66. The Labute approximate surface area is 124 Å². The van der Waals surface area contributed by atoms with E-state index in [0.29, 0.717) is 0 Å². The molecule has 0 spiro atoms. The quantitative estimate of drug-likeness (QED) is 0.737. The summed E-state index contributed by atoms with van der Waals surface area (Å²) in [6.45, 7) is 0. The van der Waals surface area contributed by atoms with Gasteiger partial charge in [0.05, 0.1) is 0 Å². The van der Waals surface area contributed by atoms with E-state index in [-0.39, 0.29) is 6.04 Å². The molecule has 0 aliphatic rings. The molecule has 3 aromatic carbocycles. The maximum atomic E-state index is 6.33. The highest BCUT2D eigenvalue weighted by atomic mass is 35.5. The Hall–Kier alpha value is -1.83. The van der Waals surface area contributed by atoms with Gasteiger partial charge in [-0.2, -0.15) is 0 Å². The van der Waals surface area contributed by atoms with Crippen molar-refractivity contribution in [2.45, 2.75) is 12.5 Å². The third kappa shape index (κ3) is 2.69. The smallest absolute Gasteiger partial charge is 0.0406 e. The minimum atomic E-state index is -0.0157. The van der Waals surface area contributed by atoms with Gasteiger partial charge in [-0.25, -0.2) is 0 Å². The first-order chi connectivity index (χ1) is 9.74. The van der Waals surface area contributed by atoms with Crippen LogP contribution in [0.2, 0.25) is 5.02 Å². The zero-order valence-corrected chi connectivity index (χ0v) is 11.8. The fourth-order valence-electron chi connectivity index (χ4n) is 2.54. The number of hydrogen-bond acceptors (Lipinski definition) is 1. The largest absolute Gasteiger partial charge is 0.324 e. The molecule has 2 heteroatoms. The summed E-state index contributed by atoms with van der Waals surface area (Å²) in [6, 6.07) is 22.5. The van der Waals surface area contributed by atoms with Crippen LogP contribution in [-0.4, -0.2) is 0 Å². The van der Waals surface area contributed by atoms with Crippen LogP contribution in [0.4, 0.5) is 0 Å². The van der Waals surface area contributed by atoms with Gasteiger partial charge in [-0.15, -0.1) is 0 Å². The molecule has 1 unspecified atom stereocenters. The Morgan fingerprint density at radius 3 is 2.35 bits per heavy atom. The Kier molecular flexibility index (Phi) is 3.72. The van der Waals surface area contributed by atoms with Crippen molar-refractivity contribution in [3.8, 4) is 0 Å². The molecule has 20 heavy (non-hydrogen) atoms. The maximum absolute atomic E-state index is 6.33. The first-order valence-electron chi connectivity index (χ1n) is 6.72. The summed E-state index contributed by atoms with van der Waals surface area (Å²) in [4.78, 5) is 0. The van der Waals surface area contributed by atoms with E-state index in [1.807, 2.05) is 24.3 Å². The highest BCUT2D eigenvalue weighted by molar-refractivity contribution is 6.30. The van der Waals surface area contributed by atoms with E-state index in [2.05, 4.69) is 42.5 Å². The molecule has 2 N–H and O–H groups in total. The standard InChI is InChI=1S/C18H16ClN/c19-16-10-8-14(9-11-16)18(20)12-15-6-3-5-13-4-1-2-7-17(13)15/h1-11,18H,12,20H2. The molecule has 0 fully saturated rings. The second-order valence-corrected chi connectivity index (χ2v) is 5.44. The van der Waals surface area contributed by atoms with Gasteiger partial charge in [-0.3, -0.25) is 0 Å². The first kappa shape index (κ1) is 13.2. The Morgan fingerprint density at radius 1 is 0.850 bits per heavy atom. The van der Waals surface area contributed by atoms with E-state index >= 15 is 0 Å². The van der Waals surface area contributed by atoms with Crippen molar-refractivity contribution < 1.29 is 0 Å². The van der Waals surface area contributed by atoms with Crippen molar-refractivity contribution in [3.05, 3.63) is 82.9 Å². The van der Waals surface area contributed by atoms with Crippen LogP contribution in [0, 0.1) is 0 Å². The average Bonchev–Trinajstić information content (AvgIpc) is 2.48. The van der Waals surface area contributed by atoms with Crippen molar-refractivity contribution in [2.75, 3.05) is 0 Å². The Bertz CT molecular complexity index is 714. The normalized spacial score (nSPS) is 12.5. The number of fused-ring (bicyclic) bond motifs is 1. The van der Waals surface area contributed by atoms with Crippen LogP contribution >= 0.6 is 11.6 Å². The van der Waals surface area contributed by atoms with Crippen LogP contribution in [0.5, 0.6) is 0 Å². The molecular formula is C18H16ClN. The SMILES string of the molecule is NC(Cc1cccc2ccccc12)c1ccc(Cl)cc1. The van der Waals surface area contributed by atoms with Gasteiger partial charge < -0.3 is 5.73 Å². The van der Waals surface area contributed by atoms with Crippen molar-refractivity contribution in [2.24, 2.45) is 5.73 Å². The van der Waals surface area contributed by atoms with E-state index in [1.165, 1.54) is 16.3 Å². The molecule has 1 nitrogen and oxygen atoms in total. The molecule has 0 aromatic heterocycles. The van der Waals surface area contributed by atoms with Gasteiger partial charge in [0.1, 0.15) is 0 Å². The highest BCUT2D eigenvalue weighted by Gasteiger charge is 2.09. The minimum Gasteiger partial charge on any atom is -0.324 e. The third-order valence-electron chi connectivity index (χ3n) is 3.62. The van der Waals surface area contributed by atoms with Crippen LogP contribution in [-0.2, 0) is 6.42 Å². The molecular weight excluding hydrogens is 266 g/mol. The maximum Gasteiger partial charge on any atom is 0.0406 e. The van der Waals surface area contributed by atoms with Crippen molar-refractivity contribution in [1.29, 1.82) is 0 Å². The van der Waals surface area contributed by atoms with Gasteiger partial charge in [-0.05, 0) is 40.5 Å². The van der Waals surface area contributed by atoms with E-state index in [0.717, 1.165) is 17.0 Å². The molecule has 0 saturated carbocycles. The predicted octanol–water partition coefficient (Wildman–Crippen LogP) is 4.74. The van der Waals surface area contributed by atoms with Gasteiger partial charge in [0, 0.05) is 11.1 Å². The molecule has 0 saturated heterocycles. The Morgan fingerprint density at radius 2 is 1.55 bits per heavy atom. The number of halogens is 1. The lowest BCUT2D eigenvalue weighted by molar-refractivity contribution is 0.725. The zero-order chi connectivity index (χ0) is 13.9. The summed E-state index contributed by atoms with van der Waals surface area (Å²) in [5.41, 5.74) is 8.72. The third-order valence-corrected chi connectivity index (χ3v) is 3.87. The molecule has 0 amide bonds. The number of hydrogen-bond donors (Lipinski definition) is 1. The predicted molar refractivity (Wildman–Crippen MR) is 86.0 cm³/mol. The van der Waals surface area contributed by atoms with E-state index in [9.17, 15) is 0 Å². The second-order valence-electron chi connectivity index (χ2n) is 5.00. The van der Waals surface area contributed by atoms with Gasteiger partial charge in [0.2, 0.25) is 0 Å². The molecule has 0 heterocycles. The van der Waals surface area contributed by atoms with Gasteiger partial charge in [0.15, 0.2) is 0 Å². The van der Waals surface area contributed by atoms with Crippen molar-refractivity contribution >= 4 is 22.4 Å². The number of nitrogens with two attached hydrogens (primary N) is 1. The molecule has 0 radical (unpaired) electrons. The monoisotopic (exact) mass is 281 g/mol. The molecule has 3 aromatic rings. The van der Waals surface area contributed by atoms with Crippen LogP contribution in [0.15, 0.2) is 66.7 Å². The topological polar surface area (TPSA) is 26.0 Å². The Balaban J connectivity index is 1.91. The van der Waals surface area contributed by atoms with Gasteiger partial charge >= 0.3 is 0 Å². The fourth-order valence-corrected chi connectivity index (χ4v) is 2.66. The van der Waals surface area contributed by atoms with E-state index in [4.69, 9.17) is 17.3 Å².